The summed E-state index contributed by atoms with van der Waals surface area (Å²) in [6, 6.07) is 14.5. The fourth-order valence-corrected chi connectivity index (χ4v) is 3.35. The molecule has 0 aliphatic rings. The molecular weight excluding hydrogens is 358 g/mol. The van der Waals surface area contributed by atoms with Gasteiger partial charge < -0.3 is 5.32 Å². The molecule has 0 saturated heterocycles. The van der Waals surface area contributed by atoms with E-state index in [1.807, 2.05) is 24.3 Å². The van der Waals surface area contributed by atoms with Crippen molar-refractivity contribution >= 4 is 40.2 Å². The second kappa shape index (κ2) is 7.72. The lowest BCUT2D eigenvalue weighted by Crippen LogP contribution is -2.26. The normalized spacial score (nSPS) is 10.8. The topological polar surface area (TPSA) is 64.0 Å². The molecule has 7 heteroatoms. The Morgan fingerprint density at radius 2 is 1.92 bits per heavy atom. The van der Waals surface area contributed by atoms with Crippen LogP contribution in [0.15, 0.2) is 58.5 Å². The van der Waals surface area contributed by atoms with E-state index in [2.05, 4.69) is 10.3 Å². The van der Waals surface area contributed by atoms with E-state index in [1.54, 1.807) is 31.3 Å². The monoisotopic (exact) mass is 373 g/mol. The zero-order chi connectivity index (χ0) is 17.8. The minimum Gasteiger partial charge on any atom is -0.351 e. The first-order valence-electron chi connectivity index (χ1n) is 7.65. The molecule has 0 aliphatic carbocycles. The van der Waals surface area contributed by atoms with Gasteiger partial charge in [0.1, 0.15) is 0 Å². The third kappa shape index (κ3) is 4.03. The van der Waals surface area contributed by atoms with Crippen LogP contribution < -0.4 is 10.9 Å². The van der Waals surface area contributed by atoms with E-state index in [1.165, 1.54) is 16.3 Å². The molecule has 3 rings (SSSR count). The molecule has 0 fully saturated rings. The van der Waals surface area contributed by atoms with Gasteiger partial charge in [0.25, 0.3) is 5.56 Å². The smallest absolute Gasteiger partial charge is 0.261 e. The average Bonchev–Trinajstić information content (AvgIpc) is 2.63. The number of hydrogen-bond acceptors (Lipinski definition) is 4. The number of hydrogen-bond donors (Lipinski definition) is 1. The average molecular weight is 374 g/mol. The van der Waals surface area contributed by atoms with Crippen molar-refractivity contribution in [3.8, 4) is 0 Å². The number of nitrogens with one attached hydrogen (secondary N) is 1. The maximum Gasteiger partial charge on any atom is 0.261 e. The Bertz CT molecular complexity index is 987. The van der Waals surface area contributed by atoms with Gasteiger partial charge in [-0.1, -0.05) is 53.7 Å². The molecule has 0 aliphatic heterocycles. The third-order valence-corrected chi connectivity index (χ3v) is 5.11. The van der Waals surface area contributed by atoms with Crippen molar-refractivity contribution in [1.29, 1.82) is 0 Å². The first kappa shape index (κ1) is 17.5. The van der Waals surface area contributed by atoms with Crippen LogP contribution in [0, 0.1) is 0 Å². The second-order valence-corrected chi connectivity index (χ2v) is 6.78. The number of amides is 1. The lowest BCUT2D eigenvalue weighted by atomic mass is 10.2. The predicted octanol–water partition coefficient (Wildman–Crippen LogP) is 3.00. The number of carbonyl (C=O) groups is 1. The second-order valence-electron chi connectivity index (χ2n) is 5.43. The molecule has 128 valence electrons. The molecule has 25 heavy (non-hydrogen) atoms. The van der Waals surface area contributed by atoms with Gasteiger partial charge in [-0.25, -0.2) is 4.98 Å². The van der Waals surface area contributed by atoms with Crippen LogP contribution in [0.3, 0.4) is 0 Å². The highest BCUT2D eigenvalue weighted by molar-refractivity contribution is 7.99. The summed E-state index contributed by atoms with van der Waals surface area (Å²) in [4.78, 5) is 28.9. The molecule has 5 nitrogen and oxygen atoms in total. The van der Waals surface area contributed by atoms with Gasteiger partial charge in [-0.15, -0.1) is 0 Å². The predicted molar refractivity (Wildman–Crippen MR) is 101 cm³/mol. The van der Waals surface area contributed by atoms with E-state index in [9.17, 15) is 9.59 Å². The van der Waals surface area contributed by atoms with Gasteiger partial charge in [0, 0.05) is 18.6 Å². The number of aromatic nitrogens is 2. The van der Waals surface area contributed by atoms with Crippen LogP contribution in [0.5, 0.6) is 0 Å². The number of fused-ring (bicyclic) bond motifs is 1. The van der Waals surface area contributed by atoms with Crippen LogP contribution in [0.1, 0.15) is 5.56 Å². The number of para-hydroxylation sites is 1. The van der Waals surface area contributed by atoms with Crippen molar-refractivity contribution in [2.45, 2.75) is 11.7 Å². The molecule has 0 atom stereocenters. The molecule has 1 amide bonds. The third-order valence-electron chi connectivity index (χ3n) is 3.71. The Hall–Kier alpha value is -2.31. The Morgan fingerprint density at radius 3 is 2.72 bits per heavy atom. The molecule has 3 aromatic rings. The fourth-order valence-electron chi connectivity index (χ4n) is 2.34. The fraction of sp³-hybridized carbons (Fsp3) is 0.167. The Labute approximate surface area is 154 Å². The molecule has 2 aromatic carbocycles. The van der Waals surface area contributed by atoms with Crippen LogP contribution in [0.4, 0.5) is 0 Å². The molecule has 1 aromatic heterocycles. The molecule has 1 N–H and O–H groups in total. The summed E-state index contributed by atoms with van der Waals surface area (Å²) >= 11 is 7.30. The van der Waals surface area contributed by atoms with Crippen molar-refractivity contribution in [1.82, 2.24) is 14.9 Å². The van der Waals surface area contributed by atoms with Crippen molar-refractivity contribution in [2.24, 2.45) is 7.05 Å². The highest BCUT2D eigenvalue weighted by atomic mass is 35.5. The van der Waals surface area contributed by atoms with Crippen LogP contribution >= 0.6 is 23.4 Å². The first-order chi connectivity index (χ1) is 12.1. The highest BCUT2D eigenvalue weighted by Gasteiger charge is 2.11. The summed E-state index contributed by atoms with van der Waals surface area (Å²) in [6.07, 6.45) is 0. The van der Waals surface area contributed by atoms with E-state index in [0.717, 1.165) is 5.56 Å². The van der Waals surface area contributed by atoms with Crippen molar-refractivity contribution in [2.75, 3.05) is 5.75 Å². The summed E-state index contributed by atoms with van der Waals surface area (Å²) in [5.41, 5.74) is 1.37. The van der Waals surface area contributed by atoms with Gasteiger partial charge in [-0.2, -0.15) is 0 Å². The van der Waals surface area contributed by atoms with E-state index < -0.39 is 0 Å². The lowest BCUT2D eigenvalue weighted by Gasteiger charge is -2.09. The number of halogens is 1. The van der Waals surface area contributed by atoms with Gasteiger partial charge in [0.15, 0.2) is 5.16 Å². The molecular formula is C18H16ClN3O2S. The largest absolute Gasteiger partial charge is 0.351 e. The molecule has 0 spiro atoms. The maximum absolute atomic E-state index is 12.3. The maximum atomic E-state index is 12.3. The Morgan fingerprint density at radius 1 is 1.20 bits per heavy atom. The van der Waals surface area contributed by atoms with E-state index >= 15 is 0 Å². The van der Waals surface area contributed by atoms with Crippen molar-refractivity contribution < 1.29 is 4.79 Å². The Balaban J connectivity index is 1.66. The quantitative estimate of drug-likeness (QED) is 0.551. The van der Waals surface area contributed by atoms with Crippen molar-refractivity contribution in [3.63, 3.8) is 0 Å². The summed E-state index contributed by atoms with van der Waals surface area (Å²) in [7, 11) is 1.66. The van der Waals surface area contributed by atoms with Gasteiger partial charge in [0.05, 0.1) is 16.7 Å². The van der Waals surface area contributed by atoms with Gasteiger partial charge in [-0.3, -0.25) is 14.2 Å². The van der Waals surface area contributed by atoms with Crippen LogP contribution in [0.25, 0.3) is 10.9 Å². The van der Waals surface area contributed by atoms with Crippen LogP contribution in [-0.4, -0.2) is 21.2 Å². The Kier molecular flexibility index (Phi) is 5.40. The minimum atomic E-state index is -0.146. The first-order valence-corrected chi connectivity index (χ1v) is 9.01. The highest BCUT2D eigenvalue weighted by Crippen LogP contribution is 2.17. The van der Waals surface area contributed by atoms with Crippen molar-refractivity contribution in [3.05, 3.63) is 69.5 Å². The molecule has 0 radical (unpaired) electrons. The summed E-state index contributed by atoms with van der Waals surface area (Å²) in [5, 5.41) is 4.52. The van der Waals surface area contributed by atoms with Crippen LogP contribution in [-0.2, 0) is 18.4 Å². The van der Waals surface area contributed by atoms with Gasteiger partial charge in [-0.05, 0) is 23.8 Å². The summed E-state index contributed by atoms with van der Waals surface area (Å²) < 4.78 is 1.47. The summed E-state index contributed by atoms with van der Waals surface area (Å²) in [5.74, 6) is 0.0237. The van der Waals surface area contributed by atoms with E-state index in [-0.39, 0.29) is 17.2 Å². The molecule has 0 bridgehead atoms. The number of carbonyl (C=O) groups excluding carboxylic acids is 1. The number of benzene rings is 2. The van der Waals surface area contributed by atoms with E-state index in [4.69, 9.17) is 11.6 Å². The lowest BCUT2D eigenvalue weighted by molar-refractivity contribution is -0.118. The molecule has 1 heterocycles. The van der Waals surface area contributed by atoms with Gasteiger partial charge in [0.2, 0.25) is 5.91 Å². The number of thioether (sulfide) groups is 1. The number of nitrogens with zero attached hydrogens (tertiary/aromatic N) is 2. The molecule has 0 unspecified atom stereocenters. The number of rotatable bonds is 5. The van der Waals surface area contributed by atoms with Gasteiger partial charge >= 0.3 is 0 Å². The zero-order valence-corrected chi connectivity index (χ0v) is 15.1. The standard InChI is InChI=1S/C18H16ClN3O2S/c1-22-17(24)13-7-3-5-9-15(13)21-18(22)25-11-16(23)20-10-12-6-2-4-8-14(12)19/h2-9H,10-11H2,1H3,(H,20,23). The molecule has 0 saturated carbocycles. The zero-order valence-electron chi connectivity index (χ0n) is 13.5. The minimum absolute atomic E-state index is 0.121. The van der Waals surface area contributed by atoms with Crippen LogP contribution in [0.2, 0.25) is 5.02 Å². The van der Waals surface area contributed by atoms with E-state index in [0.29, 0.717) is 27.6 Å². The SMILES string of the molecule is Cn1c(SCC(=O)NCc2ccccc2Cl)nc2ccccc2c1=O. The summed E-state index contributed by atoms with van der Waals surface area (Å²) in [6.45, 7) is 0.364.